The van der Waals surface area contributed by atoms with E-state index in [-0.39, 0.29) is 0 Å². The van der Waals surface area contributed by atoms with Gasteiger partial charge in [0.25, 0.3) is 0 Å². The van der Waals surface area contributed by atoms with Crippen LogP contribution in [-0.4, -0.2) is 13.1 Å². The second-order valence-corrected chi connectivity index (χ2v) is 5.56. The molecule has 20 heavy (non-hydrogen) atoms. The molecule has 0 aliphatic carbocycles. The summed E-state index contributed by atoms with van der Waals surface area (Å²) in [5, 5.41) is 4.20. The van der Waals surface area contributed by atoms with Crippen LogP contribution in [0.5, 0.6) is 0 Å². The number of para-hydroxylation sites is 2. The van der Waals surface area contributed by atoms with Crippen LogP contribution in [0.15, 0.2) is 48.5 Å². The van der Waals surface area contributed by atoms with E-state index in [1.54, 1.807) is 0 Å². The zero-order chi connectivity index (χ0) is 13.8. The van der Waals surface area contributed by atoms with E-state index in [1.165, 1.54) is 37.2 Å². The Hall–Kier alpha value is -1.67. The van der Waals surface area contributed by atoms with Crippen molar-refractivity contribution in [3.8, 4) is 0 Å². The average Bonchev–Trinajstić information content (AvgIpc) is 3.01. The largest absolute Gasteiger partial charge is 0.380 e. The maximum atomic E-state index is 6.18. The number of rotatable bonds is 4. The lowest BCUT2D eigenvalue weighted by atomic mass is 10.1. The zero-order valence-corrected chi connectivity index (χ0v) is 12.2. The monoisotopic (exact) mass is 286 g/mol. The fourth-order valence-corrected chi connectivity index (χ4v) is 2.92. The van der Waals surface area contributed by atoms with Crippen LogP contribution in [-0.2, 0) is 6.54 Å². The van der Waals surface area contributed by atoms with E-state index < -0.39 is 0 Å². The normalized spacial score (nSPS) is 14.6. The molecule has 0 spiro atoms. The van der Waals surface area contributed by atoms with Crippen LogP contribution in [0.25, 0.3) is 0 Å². The van der Waals surface area contributed by atoms with E-state index >= 15 is 0 Å². The van der Waals surface area contributed by atoms with Gasteiger partial charge < -0.3 is 10.2 Å². The number of halogens is 1. The summed E-state index contributed by atoms with van der Waals surface area (Å²) >= 11 is 6.18. The highest BCUT2D eigenvalue weighted by Gasteiger charge is 2.15. The molecule has 0 bridgehead atoms. The maximum Gasteiger partial charge on any atom is 0.0637 e. The van der Waals surface area contributed by atoms with E-state index in [9.17, 15) is 0 Å². The zero-order valence-electron chi connectivity index (χ0n) is 11.5. The summed E-state index contributed by atoms with van der Waals surface area (Å²) in [6, 6.07) is 16.5. The quantitative estimate of drug-likeness (QED) is 0.887. The highest BCUT2D eigenvalue weighted by molar-refractivity contribution is 6.33. The Labute approximate surface area is 125 Å². The molecule has 1 saturated heterocycles. The highest BCUT2D eigenvalue weighted by Crippen LogP contribution is 2.26. The minimum Gasteiger partial charge on any atom is -0.380 e. The van der Waals surface area contributed by atoms with E-state index in [1.807, 2.05) is 24.3 Å². The van der Waals surface area contributed by atoms with Crippen LogP contribution in [0.2, 0.25) is 5.02 Å². The molecule has 2 aromatic rings. The summed E-state index contributed by atoms with van der Waals surface area (Å²) in [6.45, 7) is 3.14. The molecule has 1 aliphatic heterocycles. The molecule has 1 heterocycles. The summed E-state index contributed by atoms with van der Waals surface area (Å²) in [7, 11) is 0. The number of anilines is 2. The Morgan fingerprint density at radius 3 is 2.45 bits per heavy atom. The smallest absolute Gasteiger partial charge is 0.0637 e. The van der Waals surface area contributed by atoms with Crippen LogP contribution < -0.4 is 10.2 Å². The number of hydrogen-bond donors (Lipinski definition) is 1. The van der Waals surface area contributed by atoms with Gasteiger partial charge in [0.1, 0.15) is 0 Å². The first-order chi connectivity index (χ1) is 9.84. The molecule has 0 saturated carbocycles. The Kier molecular flexibility index (Phi) is 4.12. The number of hydrogen-bond acceptors (Lipinski definition) is 2. The van der Waals surface area contributed by atoms with Crippen LogP contribution in [0.4, 0.5) is 11.4 Å². The fourth-order valence-electron chi connectivity index (χ4n) is 2.72. The van der Waals surface area contributed by atoms with Gasteiger partial charge in [-0.2, -0.15) is 0 Å². The Balaban J connectivity index is 1.76. The van der Waals surface area contributed by atoms with Crippen molar-refractivity contribution < 1.29 is 0 Å². The third-order valence-corrected chi connectivity index (χ3v) is 4.11. The van der Waals surface area contributed by atoms with Gasteiger partial charge in [-0.15, -0.1) is 0 Å². The molecule has 3 heteroatoms. The van der Waals surface area contributed by atoms with Gasteiger partial charge in [-0.1, -0.05) is 41.9 Å². The van der Waals surface area contributed by atoms with Crippen LogP contribution >= 0.6 is 11.6 Å². The first-order valence-corrected chi connectivity index (χ1v) is 7.53. The van der Waals surface area contributed by atoms with Crippen molar-refractivity contribution in [3.63, 3.8) is 0 Å². The summed E-state index contributed by atoms with van der Waals surface area (Å²) in [5.74, 6) is 0. The fraction of sp³-hybridized carbons (Fsp3) is 0.294. The summed E-state index contributed by atoms with van der Waals surface area (Å²) < 4.78 is 0. The van der Waals surface area contributed by atoms with Crippen molar-refractivity contribution in [2.45, 2.75) is 19.4 Å². The van der Waals surface area contributed by atoms with E-state index in [0.29, 0.717) is 0 Å². The second kappa shape index (κ2) is 6.19. The SMILES string of the molecule is Clc1ccccc1NCc1ccccc1N1CCCC1. The minimum absolute atomic E-state index is 0.770. The molecule has 0 amide bonds. The maximum absolute atomic E-state index is 6.18. The summed E-state index contributed by atoms with van der Waals surface area (Å²) in [6.07, 6.45) is 2.60. The van der Waals surface area contributed by atoms with Crippen molar-refractivity contribution in [2.24, 2.45) is 0 Å². The van der Waals surface area contributed by atoms with Gasteiger partial charge in [-0.05, 0) is 36.6 Å². The van der Waals surface area contributed by atoms with Gasteiger partial charge >= 0.3 is 0 Å². The molecule has 2 nitrogen and oxygen atoms in total. The molecular formula is C17H19ClN2. The minimum atomic E-state index is 0.770. The molecule has 1 fully saturated rings. The molecule has 3 rings (SSSR count). The molecule has 0 atom stereocenters. The van der Waals surface area contributed by atoms with Gasteiger partial charge in [-0.25, -0.2) is 0 Å². The number of nitrogens with one attached hydrogen (secondary N) is 1. The van der Waals surface area contributed by atoms with Gasteiger partial charge in [0, 0.05) is 25.3 Å². The van der Waals surface area contributed by atoms with E-state index in [2.05, 4.69) is 34.5 Å². The van der Waals surface area contributed by atoms with Crippen molar-refractivity contribution in [1.29, 1.82) is 0 Å². The molecule has 104 valence electrons. The Morgan fingerprint density at radius 1 is 0.950 bits per heavy atom. The Morgan fingerprint density at radius 2 is 1.65 bits per heavy atom. The number of benzene rings is 2. The predicted octanol–water partition coefficient (Wildman–Crippen LogP) is 4.55. The third-order valence-electron chi connectivity index (χ3n) is 3.78. The molecule has 0 unspecified atom stereocenters. The first-order valence-electron chi connectivity index (χ1n) is 7.16. The molecule has 1 aliphatic rings. The van der Waals surface area contributed by atoms with E-state index in [4.69, 9.17) is 11.6 Å². The van der Waals surface area contributed by atoms with Crippen LogP contribution in [0.3, 0.4) is 0 Å². The Bertz CT molecular complexity index is 577. The third kappa shape index (κ3) is 2.91. The molecule has 0 radical (unpaired) electrons. The van der Waals surface area contributed by atoms with Crippen molar-refractivity contribution >= 4 is 23.0 Å². The molecule has 1 N–H and O–H groups in total. The van der Waals surface area contributed by atoms with Crippen LogP contribution in [0, 0.1) is 0 Å². The second-order valence-electron chi connectivity index (χ2n) is 5.16. The van der Waals surface area contributed by atoms with Crippen molar-refractivity contribution in [1.82, 2.24) is 0 Å². The molecule has 2 aromatic carbocycles. The van der Waals surface area contributed by atoms with Gasteiger partial charge in [0.15, 0.2) is 0 Å². The summed E-state index contributed by atoms with van der Waals surface area (Å²) in [4.78, 5) is 2.48. The predicted molar refractivity (Wildman–Crippen MR) is 86.7 cm³/mol. The van der Waals surface area contributed by atoms with Crippen LogP contribution in [0.1, 0.15) is 18.4 Å². The first kappa shape index (κ1) is 13.3. The number of nitrogens with zero attached hydrogens (tertiary/aromatic N) is 1. The lowest BCUT2D eigenvalue weighted by molar-refractivity contribution is 0.949. The lowest BCUT2D eigenvalue weighted by Gasteiger charge is -2.21. The lowest BCUT2D eigenvalue weighted by Crippen LogP contribution is -2.19. The van der Waals surface area contributed by atoms with Gasteiger partial charge in [0.05, 0.1) is 10.7 Å². The molecular weight excluding hydrogens is 268 g/mol. The highest BCUT2D eigenvalue weighted by atomic mass is 35.5. The standard InChI is InChI=1S/C17H19ClN2/c18-15-8-2-3-9-16(15)19-13-14-7-1-4-10-17(14)20-11-5-6-12-20/h1-4,7-10,19H,5-6,11-13H2. The van der Waals surface area contributed by atoms with E-state index in [0.717, 1.165) is 17.3 Å². The summed E-state index contributed by atoms with van der Waals surface area (Å²) in [5.41, 5.74) is 3.67. The topological polar surface area (TPSA) is 15.3 Å². The van der Waals surface area contributed by atoms with Crippen molar-refractivity contribution in [3.05, 3.63) is 59.1 Å². The van der Waals surface area contributed by atoms with Gasteiger partial charge in [0.2, 0.25) is 0 Å². The average molecular weight is 287 g/mol. The van der Waals surface area contributed by atoms with Crippen molar-refractivity contribution in [2.75, 3.05) is 23.3 Å². The van der Waals surface area contributed by atoms with Gasteiger partial charge in [-0.3, -0.25) is 0 Å². The molecule has 0 aromatic heterocycles.